The molecule has 0 saturated heterocycles. The average Bonchev–Trinajstić information content (AvgIpc) is 2.74. The lowest BCUT2D eigenvalue weighted by atomic mass is 9.91. The second kappa shape index (κ2) is 8.69. The van der Waals surface area contributed by atoms with Gasteiger partial charge in [-0.25, -0.2) is 9.97 Å². The van der Waals surface area contributed by atoms with E-state index in [1.165, 1.54) is 0 Å². The molecule has 1 heterocycles. The van der Waals surface area contributed by atoms with Crippen molar-refractivity contribution in [2.75, 3.05) is 24.3 Å². The number of carbonyl (C=O) groups is 1. The zero-order valence-corrected chi connectivity index (χ0v) is 17.9. The SMILES string of the molecule is Cc1nc(NC2CCC(NC(=O)c3ccc4ccccc4c3)CC2)cc(N(C)C)n1. The monoisotopic (exact) mass is 403 g/mol. The zero-order chi connectivity index (χ0) is 21.1. The molecule has 0 aliphatic heterocycles. The van der Waals surface area contributed by atoms with Crippen LogP contribution in [0.4, 0.5) is 11.6 Å². The maximum Gasteiger partial charge on any atom is 0.251 e. The topological polar surface area (TPSA) is 70.2 Å². The van der Waals surface area contributed by atoms with Crippen molar-refractivity contribution >= 4 is 28.3 Å². The number of anilines is 2. The number of nitrogens with one attached hydrogen (secondary N) is 2. The molecule has 2 aromatic carbocycles. The number of fused-ring (bicyclic) bond motifs is 1. The fourth-order valence-electron chi connectivity index (χ4n) is 4.05. The van der Waals surface area contributed by atoms with Crippen LogP contribution in [0, 0.1) is 6.92 Å². The van der Waals surface area contributed by atoms with Crippen LogP contribution in [0.5, 0.6) is 0 Å². The van der Waals surface area contributed by atoms with Crippen LogP contribution in [-0.2, 0) is 0 Å². The molecule has 0 bridgehead atoms. The van der Waals surface area contributed by atoms with Crippen LogP contribution in [-0.4, -0.2) is 42.1 Å². The molecule has 1 saturated carbocycles. The molecule has 1 fully saturated rings. The fraction of sp³-hybridized carbons (Fsp3) is 0.375. The number of hydrogen-bond acceptors (Lipinski definition) is 5. The number of benzene rings is 2. The number of amides is 1. The highest BCUT2D eigenvalue weighted by atomic mass is 16.1. The molecule has 1 amide bonds. The summed E-state index contributed by atoms with van der Waals surface area (Å²) in [5.41, 5.74) is 0.724. The van der Waals surface area contributed by atoms with E-state index in [0.717, 1.165) is 59.5 Å². The first-order valence-electron chi connectivity index (χ1n) is 10.6. The summed E-state index contributed by atoms with van der Waals surface area (Å²) >= 11 is 0. The third-order valence-electron chi connectivity index (χ3n) is 5.71. The van der Waals surface area contributed by atoms with Crippen molar-refractivity contribution in [2.24, 2.45) is 0 Å². The molecule has 2 N–H and O–H groups in total. The minimum atomic E-state index is 0.0132. The van der Waals surface area contributed by atoms with Crippen molar-refractivity contribution in [2.45, 2.75) is 44.7 Å². The second-order valence-corrected chi connectivity index (χ2v) is 8.28. The van der Waals surface area contributed by atoms with E-state index in [2.05, 4.69) is 26.7 Å². The van der Waals surface area contributed by atoms with Crippen LogP contribution in [0.25, 0.3) is 10.8 Å². The maximum atomic E-state index is 12.7. The number of carbonyl (C=O) groups excluding carboxylic acids is 1. The quantitative estimate of drug-likeness (QED) is 0.669. The van der Waals surface area contributed by atoms with E-state index < -0.39 is 0 Å². The van der Waals surface area contributed by atoms with Gasteiger partial charge in [0, 0.05) is 37.8 Å². The molecule has 4 rings (SSSR count). The van der Waals surface area contributed by atoms with Gasteiger partial charge in [0.05, 0.1) is 0 Å². The predicted molar refractivity (Wildman–Crippen MR) is 122 cm³/mol. The lowest BCUT2D eigenvalue weighted by Crippen LogP contribution is -2.40. The fourth-order valence-corrected chi connectivity index (χ4v) is 4.05. The molecule has 30 heavy (non-hydrogen) atoms. The number of nitrogens with zero attached hydrogens (tertiary/aromatic N) is 3. The Balaban J connectivity index is 1.32. The molecule has 1 aliphatic rings. The Morgan fingerprint density at radius 2 is 1.63 bits per heavy atom. The van der Waals surface area contributed by atoms with Gasteiger partial charge in [0.1, 0.15) is 17.5 Å². The lowest BCUT2D eigenvalue weighted by molar-refractivity contribution is 0.0926. The smallest absolute Gasteiger partial charge is 0.251 e. The van der Waals surface area contributed by atoms with Crippen LogP contribution in [0.15, 0.2) is 48.5 Å². The molecule has 156 valence electrons. The van der Waals surface area contributed by atoms with Gasteiger partial charge in [-0.2, -0.15) is 0 Å². The van der Waals surface area contributed by atoms with Crippen LogP contribution >= 0.6 is 0 Å². The molecule has 0 radical (unpaired) electrons. The molecule has 0 spiro atoms. The summed E-state index contributed by atoms with van der Waals surface area (Å²) in [7, 11) is 3.96. The molecule has 0 atom stereocenters. The van der Waals surface area contributed by atoms with Crippen molar-refractivity contribution in [1.29, 1.82) is 0 Å². The molecular formula is C24H29N5O. The van der Waals surface area contributed by atoms with Crippen molar-refractivity contribution in [3.63, 3.8) is 0 Å². The van der Waals surface area contributed by atoms with E-state index in [0.29, 0.717) is 6.04 Å². The Kier molecular flexibility index (Phi) is 5.84. The van der Waals surface area contributed by atoms with Crippen LogP contribution in [0.2, 0.25) is 0 Å². The van der Waals surface area contributed by atoms with Crippen molar-refractivity contribution in [3.8, 4) is 0 Å². The Bertz CT molecular complexity index is 1040. The van der Waals surface area contributed by atoms with Crippen LogP contribution < -0.4 is 15.5 Å². The molecule has 0 unspecified atom stereocenters. The largest absolute Gasteiger partial charge is 0.367 e. The van der Waals surface area contributed by atoms with Crippen molar-refractivity contribution in [1.82, 2.24) is 15.3 Å². The van der Waals surface area contributed by atoms with Gasteiger partial charge in [0.2, 0.25) is 0 Å². The first-order chi connectivity index (χ1) is 14.5. The molecule has 1 aromatic heterocycles. The molecular weight excluding hydrogens is 374 g/mol. The number of aromatic nitrogens is 2. The number of aryl methyl sites for hydroxylation is 1. The first kappa shape index (κ1) is 20.1. The summed E-state index contributed by atoms with van der Waals surface area (Å²) in [4.78, 5) is 23.7. The molecule has 6 heteroatoms. The lowest BCUT2D eigenvalue weighted by Gasteiger charge is -2.30. The Morgan fingerprint density at radius 1 is 0.933 bits per heavy atom. The maximum absolute atomic E-state index is 12.7. The third kappa shape index (κ3) is 4.70. The summed E-state index contributed by atoms with van der Waals surface area (Å²) in [5, 5.41) is 9.01. The summed E-state index contributed by atoms with van der Waals surface area (Å²) in [6, 6.07) is 16.6. The van der Waals surface area contributed by atoms with Crippen molar-refractivity contribution in [3.05, 3.63) is 59.9 Å². The van der Waals surface area contributed by atoms with E-state index >= 15 is 0 Å². The second-order valence-electron chi connectivity index (χ2n) is 8.28. The van der Waals surface area contributed by atoms with E-state index in [4.69, 9.17) is 0 Å². The highest BCUT2D eigenvalue weighted by molar-refractivity contribution is 5.98. The van der Waals surface area contributed by atoms with Gasteiger partial charge in [0.15, 0.2) is 0 Å². The van der Waals surface area contributed by atoms with Gasteiger partial charge in [-0.05, 0) is 55.5 Å². The van der Waals surface area contributed by atoms with Crippen molar-refractivity contribution < 1.29 is 4.79 Å². The third-order valence-corrected chi connectivity index (χ3v) is 5.71. The number of hydrogen-bond donors (Lipinski definition) is 2. The normalized spacial score (nSPS) is 18.8. The standard InChI is InChI=1S/C24H29N5O/c1-16-25-22(15-23(26-16)29(2)3)27-20-10-12-21(13-11-20)28-24(30)19-9-8-17-6-4-5-7-18(17)14-19/h4-9,14-15,20-21H,10-13H2,1-3H3,(H,28,30)(H,25,26,27). The molecule has 3 aromatic rings. The summed E-state index contributed by atoms with van der Waals surface area (Å²) in [6.45, 7) is 1.91. The van der Waals surface area contributed by atoms with Gasteiger partial charge in [-0.1, -0.05) is 30.3 Å². The van der Waals surface area contributed by atoms with E-state index in [9.17, 15) is 4.79 Å². The summed E-state index contributed by atoms with van der Waals surface area (Å²) in [5.74, 6) is 2.55. The van der Waals surface area contributed by atoms with E-state index in [1.807, 2.05) is 68.4 Å². The number of rotatable bonds is 5. The molecule has 6 nitrogen and oxygen atoms in total. The Morgan fingerprint density at radius 3 is 2.37 bits per heavy atom. The summed E-state index contributed by atoms with van der Waals surface area (Å²) in [6.07, 6.45) is 3.93. The summed E-state index contributed by atoms with van der Waals surface area (Å²) < 4.78 is 0. The van der Waals surface area contributed by atoms with Gasteiger partial charge in [0.25, 0.3) is 5.91 Å². The average molecular weight is 404 g/mol. The Labute approximate surface area is 177 Å². The highest BCUT2D eigenvalue weighted by Crippen LogP contribution is 2.24. The Hall–Kier alpha value is -3.15. The predicted octanol–water partition coefficient (Wildman–Crippen LogP) is 4.16. The minimum Gasteiger partial charge on any atom is -0.367 e. The van der Waals surface area contributed by atoms with Gasteiger partial charge < -0.3 is 15.5 Å². The molecule has 1 aliphatic carbocycles. The van der Waals surface area contributed by atoms with E-state index in [1.54, 1.807) is 0 Å². The van der Waals surface area contributed by atoms with Gasteiger partial charge in [-0.15, -0.1) is 0 Å². The first-order valence-corrected chi connectivity index (χ1v) is 10.6. The van der Waals surface area contributed by atoms with Gasteiger partial charge in [-0.3, -0.25) is 4.79 Å². The van der Waals surface area contributed by atoms with E-state index in [-0.39, 0.29) is 11.9 Å². The highest BCUT2D eigenvalue weighted by Gasteiger charge is 2.23. The minimum absolute atomic E-state index is 0.0132. The van der Waals surface area contributed by atoms with Gasteiger partial charge >= 0.3 is 0 Å². The van der Waals surface area contributed by atoms with Crippen LogP contribution in [0.3, 0.4) is 0 Å². The van der Waals surface area contributed by atoms with Crippen LogP contribution in [0.1, 0.15) is 41.9 Å². The zero-order valence-electron chi connectivity index (χ0n) is 17.9.